The summed E-state index contributed by atoms with van der Waals surface area (Å²) in [5.74, 6) is -0.811. The normalized spacial score (nSPS) is 19.4. The smallest absolute Gasteiger partial charge is 0.328 e. The van der Waals surface area contributed by atoms with Gasteiger partial charge in [0.05, 0.1) is 6.54 Å². The first-order valence-electron chi connectivity index (χ1n) is 11.6. The SMILES string of the molecule is Cn1cc(S(=O)(=O)N2CCN(C(CC3CCCCC3)C(=O)Nc3nccs3)C(=O)C2)c(C(F)(F)F)n1. The van der Waals surface area contributed by atoms with Crippen molar-refractivity contribution >= 4 is 38.3 Å². The van der Waals surface area contributed by atoms with Crippen molar-refractivity contribution in [3.05, 3.63) is 23.5 Å². The van der Waals surface area contributed by atoms with E-state index in [1.54, 1.807) is 11.6 Å². The molecule has 1 unspecified atom stereocenters. The van der Waals surface area contributed by atoms with Gasteiger partial charge in [-0.2, -0.15) is 22.6 Å². The topological polar surface area (TPSA) is 118 Å². The maximum atomic E-state index is 13.4. The number of thiazole rings is 1. The van der Waals surface area contributed by atoms with Crippen LogP contribution in [-0.2, 0) is 32.8 Å². The standard InChI is InChI=1S/C21H27F3N6O4S2/c1-28-12-16(18(27-28)21(22,23)24)36(33,34)29-8-9-30(17(31)13-29)15(11-14-5-3-2-4-6-14)19(32)26-20-25-7-10-35-20/h7,10,12,14-15H,2-6,8-9,11,13H2,1H3,(H,25,26,32). The highest BCUT2D eigenvalue weighted by atomic mass is 32.2. The van der Waals surface area contributed by atoms with E-state index in [0.29, 0.717) is 15.9 Å². The number of carbonyl (C=O) groups is 2. The largest absolute Gasteiger partial charge is 0.436 e. The van der Waals surface area contributed by atoms with Crippen molar-refractivity contribution in [2.24, 2.45) is 13.0 Å². The van der Waals surface area contributed by atoms with Gasteiger partial charge in [-0.1, -0.05) is 32.1 Å². The monoisotopic (exact) mass is 548 g/mol. The van der Waals surface area contributed by atoms with E-state index in [9.17, 15) is 31.2 Å². The first-order chi connectivity index (χ1) is 17.0. The Labute approximate surface area is 210 Å². The summed E-state index contributed by atoms with van der Waals surface area (Å²) < 4.78 is 67.8. The average Bonchev–Trinajstić information content (AvgIpc) is 3.48. The predicted octanol–water partition coefficient (Wildman–Crippen LogP) is 2.71. The highest BCUT2D eigenvalue weighted by Crippen LogP contribution is 2.35. The first-order valence-corrected chi connectivity index (χ1v) is 13.9. The summed E-state index contributed by atoms with van der Waals surface area (Å²) in [6.07, 6.45) is 2.84. The molecule has 1 aliphatic carbocycles. The summed E-state index contributed by atoms with van der Waals surface area (Å²) in [5, 5.41) is 8.08. The van der Waals surface area contributed by atoms with E-state index in [-0.39, 0.29) is 19.0 Å². The number of rotatable bonds is 7. The molecule has 2 aromatic rings. The van der Waals surface area contributed by atoms with Gasteiger partial charge in [0.2, 0.25) is 21.8 Å². The van der Waals surface area contributed by atoms with E-state index >= 15 is 0 Å². The molecule has 15 heteroatoms. The zero-order valence-electron chi connectivity index (χ0n) is 19.6. The minimum atomic E-state index is -4.98. The number of sulfonamides is 1. The Bertz CT molecular complexity index is 1190. The average molecular weight is 549 g/mol. The van der Waals surface area contributed by atoms with Crippen molar-refractivity contribution in [3.63, 3.8) is 0 Å². The molecule has 1 saturated carbocycles. The lowest BCUT2D eigenvalue weighted by molar-refractivity contribution is -0.143. The van der Waals surface area contributed by atoms with Crippen LogP contribution < -0.4 is 5.32 Å². The van der Waals surface area contributed by atoms with E-state index in [0.717, 1.165) is 43.0 Å². The molecule has 1 N–H and O–H groups in total. The summed E-state index contributed by atoms with van der Waals surface area (Å²) in [5.41, 5.74) is -1.53. The molecule has 1 aliphatic heterocycles. The molecule has 198 valence electrons. The quantitative estimate of drug-likeness (QED) is 0.569. The number of hydrogen-bond donors (Lipinski definition) is 1. The van der Waals surface area contributed by atoms with E-state index < -0.39 is 51.2 Å². The number of amides is 2. The van der Waals surface area contributed by atoms with Crippen molar-refractivity contribution in [3.8, 4) is 0 Å². The Hall–Kier alpha value is -2.52. The molecule has 0 aromatic carbocycles. The summed E-state index contributed by atoms with van der Waals surface area (Å²) in [6, 6.07) is -0.835. The fourth-order valence-electron chi connectivity index (χ4n) is 4.78. The molecule has 36 heavy (non-hydrogen) atoms. The molecule has 0 bridgehead atoms. The Morgan fingerprint density at radius 1 is 1.25 bits per heavy atom. The molecule has 1 atom stereocenters. The van der Waals surface area contributed by atoms with Crippen LogP contribution in [0.4, 0.5) is 18.3 Å². The molecule has 0 spiro atoms. The Morgan fingerprint density at radius 2 is 1.97 bits per heavy atom. The number of alkyl halides is 3. The summed E-state index contributed by atoms with van der Waals surface area (Å²) in [7, 11) is -3.46. The van der Waals surface area contributed by atoms with Crippen LogP contribution in [0.15, 0.2) is 22.7 Å². The van der Waals surface area contributed by atoms with E-state index in [1.165, 1.54) is 23.3 Å². The van der Waals surface area contributed by atoms with Crippen molar-refractivity contribution < 1.29 is 31.2 Å². The summed E-state index contributed by atoms with van der Waals surface area (Å²) in [4.78, 5) is 30.7. The molecule has 0 radical (unpaired) electrons. The first kappa shape index (κ1) is 26.5. The Balaban J connectivity index is 1.54. The van der Waals surface area contributed by atoms with Gasteiger partial charge in [0.15, 0.2) is 10.8 Å². The number of nitrogens with zero attached hydrogens (tertiary/aromatic N) is 5. The van der Waals surface area contributed by atoms with Crippen LogP contribution in [0.5, 0.6) is 0 Å². The second kappa shape index (κ2) is 10.5. The molecule has 4 rings (SSSR count). The van der Waals surface area contributed by atoms with Gasteiger partial charge in [0.25, 0.3) is 0 Å². The maximum Gasteiger partial charge on any atom is 0.436 e. The van der Waals surface area contributed by atoms with Crippen LogP contribution in [0.3, 0.4) is 0 Å². The molecule has 10 nitrogen and oxygen atoms in total. The van der Waals surface area contributed by atoms with Crippen LogP contribution in [0, 0.1) is 5.92 Å². The second-order valence-electron chi connectivity index (χ2n) is 9.02. The summed E-state index contributed by atoms with van der Waals surface area (Å²) in [6.45, 7) is -1.03. The lowest BCUT2D eigenvalue weighted by Crippen LogP contribution is -2.58. The molecule has 1 saturated heterocycles. The molecule has 2 fully saturated rings. The minimum absolute atomic E-state index is 0.123. The second-order valence-corrected chi connectivity index (χ2v) is 11.8. The number of hydrogen-bond acceptors (Lipinski definition) is 7. The number of nitrogens with one attached hydrogen (secondary N) is 1. The molecule has 2 amide bonds. The maximum absolute atomic E-state index is 13.4. The van der Waals surface area contributed by atoms with E-state index in [4.69, 9.17) is 0 Å². The molecule has 2 aliphatic rings. The molecule has 3 heterocycles. The predicted molar refractivity (Wildman–Crippen MR) is 124 cm³/mol. The number of aromatic nitrogens is 3. The third-order valence-electron chi connectivity index (χ3n) is 6.53. The van der Waals surface area contributed by atoms with Gasteiger partial charge < -0.3 is 10.2 Å². The zero-order valence-corrected chi connectivity index (χ0v) is 21.2. The Morgan fingerprint density at radius 3 is 2.58 bits per heavy atom. The number of halogens is 3. The Kier molecular flexibility index (Phi) is 7.71. The molecular formula is C21H27F3N6O4S2. The van der Waals surface area contributed by atoms with E-state index in [1.807, 2.05) is 0 Å². The third-order valence-corrected chi connectivity index (χ3v) is 9.06. The number of carbonyl (C=O) groups excluding carboxylic acids is 2. The number of anilines is 1. The van der Waals surface area contributed by atoms with Crippen LogP contribution in [0.1, 0.15) is 44.2 Å². The molecular weight excluding hydrogens is 521 g/mol. The highest BCUT2D eigenvalue weighted by molar-refractivity contribution is 7.89. The van der Waals surface area contributed by atoms with E-state index in [2.05, 4.69) is 15.4 Å². The van der Waals surface area contributed by atoms with Gasteiger partial charge in [-0.05, 0) is 12.3 Å². The highest BCUT2D eigenvalue weighted by Gasteiger charge is 2.45. The van der Waals surface area contributed by atoms with Gasteiger partial charge in [-0.25, -0.2) is 13.4 Å². The van der Waals surface area contributed by atoms with Crippen molar-refractivity contribution in [2.75, 3.05) is 25.0 Å². The van der Waals surface area contributed by atoms with Crippen molar-refractivity contribution in [1.82, 2.24) is 24.0 Å². The van der Waals surface area contributed by atoms with Crippen molar-refractivity contribution in [2.45, 2.75) is 55.6 Å². The van der Waals surface area contributed by atoms with Crippen LogP contribution in [0.25, 0.3) is 0 Å². The van der Waals surface area contributed by atoms with Gasteiger partial charge in [0, 0.05) is 37.9 Å². The van der Waals surface area contributed by atoms with Gasteiger partial charge in [-0.15, -0.1) is 11.3 Å². The third kappa shape index (κ3) is 5.72. The van der Waals surface area contributed by atoms with Gasteiger partial charge in [-0.3, -0.25) is 14.3 Å². The fourth-order valence-corrected chi connectivity index (χ4v) is 6.88. The number of piperazine rings is 1. The fraction of sp³-hybridized carbons (Fsp3) is 0.619. The number of aryl methyl sites for hydroxylation is 1. The lowest BCUT2D eigenvalue weighted by atomic mass is 9.84. The van der Waals surface area contributed by atoms with Gasteiger partial charge >= 0.3 is 6.18 Å². The van der Waals surface area contributed by atoms with Crippen LogP contribution >= 0.6 is 11.3 Å². The minimum Gasteiger partial charge on any atom is -0.328 e. The van der Waals surface area contributed by atoms with Crippen LogP contribution in [0.2, 0.25) is 0 Å². The summed E-state index contributed by atoms with van der Waals surface area (Å²) >= 11 is 1.23. The van der Waals surface area contributed by atoms with Crippen LogP contribution in [-0.4, -0.2) is 69.9 Å². The van der Waals surface area contributed by atoms with Crippen molar-refractivity contribution in [1.29, 1.82) is 0 Å². The van der Waals surface area contributed by atoms with Gasteiger partial charge in [0.1, 0.15) is 10.9 Å². The zero-order chi connectivity index (χ0) is 26.1. The molecule has 2 aromatic heterocycles. The lowest BCUT2D eigenvalue weighted by Gasteiger charge is -2.39.